The van der Waals surface area contributed by atoms with Crippen LogP contribution in [0.25, 0.3) is 11.3 Å². The minimum atomic E-state index is -0.435. The predicted molar refractivity (Wildman–Crippen MR) is 156 cm³/mol. The number of amides is 2. The van der Waals surface area contributed by atoms with E-state index in [2.05, 4.69) is 15.5 Å². The number of fused-ring (bicyclic) bond motifs is 1. The Morgan fingerprint density at radius 1 is 0.923 bits per heavy atom. The molecule has 0 radical (unpaired) electrons. The van der Waals surface area contributed by atoms with E-state index in [9.17, 15) is 14.4 Å². The van der Waals surface area contributed by atoms with E-state index < -0.39 is 5.97 Å². The number of esters is 1. The van der Waals surface area contributed by atoms with Crippen molar-refractivity contribution in [1.82, 2.24) is 4.90 Å². The Balaban J connectivity index is 1.67. The zero-order valence-electron chi connectivity index (χ0n) is 22.8. The summed E-state index contributed by atoms with van der Waals surface area (Å²) in [5.41, 5.74) is 5.16. The van der Waals surface area contributed by atoms with Crippen molar-refractivity contribution in [3.8, 4) is 0 Å². The molecule has 0 atom stereocenters. The quantitative estimate of drug-likeness (QED) is 0.282. The van der Waals surface area contributed by atoms with Gasteiger partial charge in [-0.25, -0.2) is 4.79 Å². The number of hydrogen-bond donors (Lipinski definition) is 2. The fourth-order valence-electron chi connectivity index (χ4n) is 4.53. The van der Waals surface area contributed by atoms with E-state index in [0.29, 0.717) is 34.6 Å². The third-order valence-corrected chi connectivity index (χ3v) is 6.40. The van der Waals surface area contributed by atoms with Gasteiger partial charge >= 0.3 is 5.97 Å². The number of ether oxygens (including phenoxy) is 1. The van der Waals surface area contributed by atoms with Gasteiger partial charge in [0, 0.05) is 30.4 Å². The highest BCUT2D eigenvalue weighted by atomic mass is 16.5. The molecule has 1 heterocycles. The Labute approximate surface area is 229 Å². The lowest BCUT2D eigenvalue weighted by Gasteiger charge is -2.23. The number of carbonyl (C=O) groups excluding carboxylic acids is 3. The van der Waals surface area contributed by atoms with Gasteiger partial charge in [0.15, 0.2) is 0 Å². The van der Waals surface area contributed by atoms with Crippen LogP contribution in [0.15, 0.2) is 72.8 Å². The minimum Gasteiger partial charge on any atom is -0.462 e. The van der Waals surface area contributed by atoms with Crippen LogP contribution >= 0.6 is 0 Å². The number of nitrogens with one attached hydrogen (secondary N) is 2. The maximum atomic E-state index is 13.2. The molecule has 202 valence electrons. The molecule has 0 bridgehead atoms. The summed E-state index contributed by atoms with van der Waals surface area (Å²) >= 11 is 0. The van der Waals surface area contributed by atoms with Gasteiger partial charge < -0.3 is 25.2 Å². The predicted octanol–water partition coefficient (Wildman–Crippen LogP) is 5.10. The first-order chi connectivity index (χ1) is 18.8. The van der Waals surface area contributed by atoms with Gasteiger partial charge in [0.2, 0.25) is 5.91 Å². The zero-order valence-corrected chi connectivity index (χ0v) is 22.8. The Morgan fingerprint density at radius 2 is 1.64 bits per heavy atom. The Hall–Kier alpha value is -4.43. The molecule has 0 saturated heterocycles. The lowest BCUT2D eigenvalue weighted by atomic mass is 9.99. The van der Waals surface area contributed by atoms with Gasteiger partial charge in [0.1, 0.15) is 0 Å². The van der Waals surface area contributed by atoms with Gasteiger partial charge in [0.05, 0.1) is 29.1 Å². The topological polar surface area (TPSA) is 91.0 Å². The fourth-order valence-corrected chi connectivity index (χ4v) is 4.53. The van der Waals surface area contributed by atoms with E-state index in [-0.39, 0.29) is 18.4 Å². The van der Waals surface area contributed by atoms with Gasteiger partial charge in [-0.3, -0.25) is 9.59 Å². The molecule has 8 heteroatoms. The van der Waals surface area contributed by atoms with Gasteiger partial charge in [-0.05, 0) is 75.9 Å². The molecular weight excluding hydrogens is 492 g/mol. The Morgan fingerprint density at radius 3 is 2.28 bits per heavy atom. The van der Waals surface area contributed by atoms with E-state index in [4.69, 9.17) is 4.74 Å². The number of carbonyl (C=O) groups is 3. The normalized spacial score (nSPS) is 13.5. The lowest BCUT2D eigenvalue weighted by Crippen LogP contribution is -2.31. The van der Waals surface area contributed by atoms with Crippen LogP contribution in [0.2, 0.25) is 0 Å². The maximum absolute atomic E-state index is 13.2. The van der Waals surface area contributed by atoms with Crippen LogP contribution in [0.4, 0.5) is 17.1 Å². The van der Waals surface area contributed by atoms with Crippen molar-refractivity contribution < 1.29 is 19.1 Å². The van der Waals surface area contributed by atoms with Crippen LogP contribution < -0.4 is 15.5 Å². The zero-order chi connectivity index (χ0) is 27.9. The van der Waals surface area contributed by atoms with Crippen LogP contribution in [-0.2, 0) is 14.3 Å². The smallest absolute Gasteiger partial charge is 0.338 e. The molecule has 0 aliphatic carbocycles. The van der Waals surface area contributed by atoms with Crippen molar-refractivity contribution in [2.24, 2.45) is 0 Å². The van der Waals surface area contributed by atoms with Gasteiger partial charge in [-0.15, -0.1) is 0 Å². The molecule has 3 aromatic rings. The number of rotatable bonds is 10. The van der Waals surface area contributed by atoms with Crippen molar-refractivity contribution in [2.75, 3.05) is 49.3 Å². The van der Waals surface area contributed by atoms with Gasteiger partial charge in [-0.2, -0.15) is 0 Å². The standard InChI is InChI=1S/C31H34N4O4/c1-5-39-31(38)23-12-17-26-27(20-23)33-30(37)28(26)29(22-10-7-6-8-11-22)32-24-13-15-25(16-14-24)35(21(2)36)19-9-18-34(3)4/h6-8,10-17,20,32H,5,9,18-19H2,1-4H3,(H,33,37)/b29-28-. The molecule has 0 fully saturated rings. The summed E-state index contributed by atoms with van der Waals surface area (Å²) in [6.07, 6.45) is 0.864. The Kier molecular flexibility index (Phi) is 8.78. The van der Waals surface area contributed by atoms with Crippen molar-refractivity contribution in [1.29, 1.82) is 0 Å². The van der Waals surface area contributed by atoms with Crippen LogP contribution in [0, 0.1) is 0 Å². The summed E-state index contributed by atoms with van der Waals surface area (Å²) < 4.78 is 5.11. The van der Waals surface area contributed by atoms with Crippen LogP contribution in [0.5, 0.6) is 0 Å². The molecule has 0 spiro atoms. The first kappa shape index (κ1) is 27.6. The second-order valence-electron chi connectivity index (χ2n) is 9.55. The molecule has 2 N–H and O–H groups in total. The molecule has 1 aliphatic heterocycles. The van der Waals surface area contributed by atoms with Gasteiger partial charge in [0.25, 0.3) is 5.91 Å². The summed E-state index contributed by atoms with van der Waals surface area (Å²) in [6.45, 7) is 5.12. The summed E-state index contributed by atoms with van der Waals surface area (Å²) in [6, 6.07) is 22.3. The largest absolute Gasteiger partial charge is 0.462 e. The van der Waals surface area contributed by atoms with Crippen molar-refractivity contribution in [3.05, 3.63) is 89.5 Å². The molecule has 1 aliphatic rings. The number of benzene rings is 3. The number of anilines is 3. The molecule has 0 aromatic heterocycles. The molecular formula is C31H34N4O4. The number of nitrogens with zero attached hydrogens (tertiary/aromatic N) is 2. The van der Waals surface area contributed by atoms with Crippen molar-refractivity contribution in [2.45, 2.75) is 20.3 Å². The van der Waals surface area contributed by atoms with E-state index in [1.807, 2.05) is 68.7 Å². The first-order valence-electron chi connectivity index (χ1n) is 13.0. The second kappa shape index (κ2) is 12.4. The molecule has 8 nitrogen and oxygen atoms in total. The highest BCUT2D eigenvalue weighted by molar-refractivity contribution is 6.37. The van der Waals surface area contributed by atoms with E-state index in [0.717, 1.165) is 29.9 Å². The van der Waals surface area contributed by atoms with E-state index >= 15 is 0 Å². The van der Waals surface area contributed by atoms with E-state index in [1.54, 1.807) is 36.9 Å². The average molecular weight is 527 g/mol. The molecule has 2 amide bonds. The molecule has 0 saturated carbocycles. The molecule has 39 heavy (non-hydrogen) atoms. The SMILES string of the molecule is CCOC(=O)c1ccc2c(c1)NC(=O)/C2=C(\Nc1ccc(N(CCCN(C)C)C(C)=O)cc1)c1ccccc1. The summed E-state index contributed by atoms with van der Waals surface area (Å²) in [5, 5.41) is 6.33. The van der Waals surface area contributed by atoms with E-state index in [1.165, 1.54) is 0 Å². The Bertz CT molecular complexity index is 1380. The van der Waals surface area contributed by atoms with Crippen LogP contribution in [0.3, 0.4) is 0 Å². The third-order valence-electron chi connectivity index (χ3n) is 6.40. The minimum absolute atomic E-state index is 0.0111. The lowest BCUT2D eigenvalue weighted by molar-refractivity contribution is -0.116. The first-order valence-corrected chi connectivity index (χ1v) is 13.0. The number of hydrogen-bond acceptors (Lipinski definition) is 6. The highest BCUT2D eigenvalue weighted by Crippen LogP contribution is 2.38. The molecule has 0 unspecified atom stereocenters. The molecule has 4 rings (SSSR count). The molecule has 3 aromatic carbocycles. The fraction of sp³-hybridized carbons (Fsp3) is 0.258. The average Bonchev–Trinajstić information content (AvgIpc) is 3.25. The summed E-state index contributed by atoms with van der Waals surface area (Å²) in [5.74, 6) is -0.713. The third kappa shape index (κ3) is 6.53. The monoisotopic (exact) mass is 526 g/mol. The second-order valence-corrected chi connectivity index (χ2v) is 9.55. The van der Waals surface area contributed by atoms with Crippen LogP contribution in [-0.4, -0.2) is 56.5 Å². The summed E-state index contributed by atoms with van der Waals surface area (Å²) in [7, 11) is 4.03. The van der Waals surface area contributed by atoms with Gasteiger partial charge in [-0.1, -0.05) is 36.4 Å². The van der Waals surface area contributed by atoms with Crippen molar-refractivity contribution >= 4 is 46.1 Å². The van der Waals surface area contributed by atoms with Crippen molar-refractivity contribution in [3.63, 3.8) is 0 Å². The summed E-state index contributed by atoms with van der Waals surface area (Å²) in [4.78, 5) is 41.6. The van der Waals surface area contributed by atoms with Crippen LogP contribution in [0.1, 0.15) is 41.8 Å². The highest BCUT2D eigenvalue weighted by Gasteiger charge is 2.29. The maximum Gasteiger partial charge on any atom is 0.338 e.